The number of hydrogen-bond acceptors (Lipinski definition) is 4. The van der Waals surface area contributed by atoms with Crippen LogP contribution in [0, 0.1) is 22.7 Å². The van der Waals surface area contributed by atoms with E-state index in [9.17, 15) is 0 Å². The van der Waals surface area contributed by atoms with Crippen molar-refractivity contribution in [3.63, 3.8) is 0 Å². The summed E-state index contributed by atoms with van der Waals surface area (Å²) < 4.78 is 5.54. The van der Waals surface area contributed by atoms with Gasteiger partial charge in [-0.25, -0.2) is 0 Å². The molecule has 0 atom stereocenters. The Morgan fingerprint density at radius 1 is 1.05 bits per heavy atom. The summed E-state index contributed by atoms with van der Waals surface area (Å²) >= 11 is 6.05. The fourth-order valence-corrected chi connectivity index (χ4v) is 2.01. The number of ether oxygens (including phenoxy) is 1. The van der Waals surface area contributed by atoms with Crippen molar-refractivity contribution in [2.75, 3.05) is 18.5 Å². The predicted molar refractivity (Wildman–Crippen MR) is 81.3 cm³/mol. The lowest BCUT2D eigenvalue weighted by atomic mass is 10.2. The first-order valence-electron chi connectivity index (χ1n) is 6.30. The third-order valence-electron chi connectivity index (χ3n) is 2.79. The zero-order valence-corrected chi connectivity index (χ0v) is 11.9. The SMILES string of the molecule is N#Cc1ccc(OCCNc2c(Cl)cccc2C#N)cc1. The normalized spacial score (nSPS) is 9.48. The minimum Gasteiger partial charge on any atom is -0.492 e. The molecule has 0 radical (unpaired) electrons. The van der Waals surface area contributed by atoms with Crippen molar-refractivity contribution in [3.8, 4) is 17.9 Å². The van der Waals surface area contributed by atoms with Crippen molar-refractivity contribution in [2.45, 2.75) is 0 Å². The van der Waals surface area contributed by atoms with Crippen LogP contribution in [0.2, 0.25) is 5.02 Å². The number of nitrogens with one attached hydrogen (secondary N) is 1. The maximum Gasteiger partial charge on any atom is 0.119 e. The Hall–Kier alpha value is -2.69. The molecule has 104 valence electrons. The molecular weight excluding hydrogens is 286 g/mol. The highest BCUT2D eigenvalue weighted by Gasteiger charge is 2.05. The monoisotopic (exact) mass is 297 g/mol. The molecule has 0 heterocycles. The molecule has 2 aromatic rings. The first kappa shape index (κ1) is 14.7. The van der Waals surface area contributed by atoms with Crippen LogP contribution in [0.15, 0.2) is 42.5 Å². The average Bonchev–Trinajstić information content (AvgIpc) is 2.53. The standard InChI is InChI=1S/C16H12ClN3O/c17-15-3-1-2-13(11-19)16(15)20-8-9-21-14-6-4-12(10-18)5-7-14/h1-7,20H,8-9H2. The summed E-state index contributed by atoms with van der Waals surface area (Å²) in [7, 11) is 0. The van der Waals surface area contributed by atoms with Crippen molar-refractivity contribution in [2.24, 2.45) is 0 Å². The molecule has 0 saturated heterocycles. The first-order valence-corrected chi connectivity index (χ1v) is 6.68. The van der Waals surface area contributed by atoms with Gasteiger partial charge in [-0.3, -0.25) is 0 Å². The highest BCUT2D eigenvalue weighted by Crippen LogP contribution is 2.25. The molecule has 2 aromatic carbocycles. The van der Waals surface area contributed by atoms with Gasteiger partial charge in [0.05, 0.1) is 27.9 Å². The quantitative estimate of drug-likeness (QED) is 0.857. The third-order valence-corrected chi connectivity index (χ3v) is 3.11. The fraction of sp³-hybridized carbons (Fsp3) is 0.125. The summed E-state index contributed by atoms with van der Waals surface area (Å²) in [4.78, 5) is 0. The number of benzene rings is 2. The molecule has 0 aliphatic heterocycles. The van der Waals surface area contributed by atoms with E-state index in [0.717, 1.165) is 0 Å². The van der Waals surface area contributed by atoms with Crippen LogP contribution in [0.5, 0.6) is 5.75 Å². The van der Waals surface area contributed by atoms with E-state index in [-0.39, 0.29) is 0 Å². The molecular formula is C16H12ClN3O. The number of nitriles is 2. The minimum atomic E-state index is 0.419. The topological polar surface area (TPSA) is 68.8 Å². The number of nitrogens with zero attached hydrogens (tertiary/aromatic N) is 2. The second-order valence-electron chi connectivity index (χ2n) is 4.19. The molecule has 0 saturated carbocycles. The largest absolute Gasteiger partial charge is 0.492 e. The zero-order chi connectivity index (χ0) is 15.1. The summed E-state index contributed by atoms with van der Waals surface area (Å²) in [5, 5.41) is 21.3. The van der Waals surface area contributed by atoms with Crippen LogP contribution < -0.4 is 10.1 Å². The molecule has 21 heavy (non-hydrogen) atoms. The minimum absolute atomic E-state index is 0.419. The van der Waals surface area contributed by atoms with E-state index in [4.69, 9.17) is 26.9 Å². The molecule has 0 aromatic heterocycles. The van der Waals surface area contributed by atoms with Gasteiger partial charge in [0, 0.05) is 6.54 Å². The van der Waals surface area contributed by atoms with E-state index in [1.165, 1.54) is 0 Å². The van der Waals surface area contributed by atoms with Crippen LogP contribution >= 0.6 is 11.6 Å². The predicted octanol–water partition coefficient (Wildman–Crippen LogP) is 3.57. The Labute approximate surface area is 128 Å². The van der Waals surface area contributed by atoms with Crippen LogP contribution in [0.3, 0.4) is 0 Å². The van der Waals surface area contributed by atoms with Crippen molar-refractivity contribution < 1.29 is 4.74 Å². The van der Waals surface area contributed by atoms with Crippen LogP contribution in [0.25, 0.3) is 0 Å². The highest BCUT2D eigenvalue weighted by molar-refractivity contribution is 6.33. The fourth-order valence-electron chi connectivity index (χ4n) is 1.77. The van der Waals surface area contributed by atoms with Crippen molar-refractivity contribution in [1.29, 1.82) is 10.5 Å². The Morgan fingerprint density at radius 3 is 2.48 bits per heavy atom. The zero-order valence-electron chi connectivity index (χ0n) is 11.1. The number of para-hydroxylation sites is 1. The lowest BCUT2D eigenvalue weighted by Gasteiger charge is -2.11. The molecule has 0 fully saturated rings. The van der Waals surface area contributed by atoms with Gasteiger partial charge in [-0.05, 0) is 36.4 Å². The molecule has 0 spiro atoms. The van der Waals surface area contributed by atoms with Gasteiger partial charge < -0.3 is 10.1 Å². The van der Waals surface area contributed by atoms with E-state index in [1.54, 1.807) is 42.5 Å². The molecule has 1 N–H and O–H groups in total. The first-order chi connectivity index (χ1) is 10.2. The van der Waals surface area contributed by atoms with E-state index < -0.39 is 0 Å². The van der Waals surface area contributed by atoms with Gasteiger partial charge in [0.1, 0.15) is 18.4 Å². The number of hydrogen-bond donors (Lipinski definition) is 1. The molecule has 0 unspecified atom stereocenters. The maximum absolute atomic E-state index is 9.02. The molecule has 0 amide bonds. The Balaban J connectivity index is 1.88. The van der Waals surface area contributed by atoms with Crippen molar-refractivity contribution in [1.82, 2.24) is 0 Å². The Bertz CT molecular complexity index is 699. The van der Waals surface area contributed by atoms with Gasteiger partial charge >= 0.3 is 0 Å². The van der Waals surface area contributed by atoms with E-state index in [2.05, 4.69) is 11.4 Å². The van der Waals surface area contributed by atoms with Crippen LogP contribution in [0.1, 0.15) is 11.1 Å². The lowest BCUT2D eigenvalue weighted by molar-refractivity contribution is 0.333. The van der Waals surface area contributed by atoms with Crippen molar-refractivity contribution >= 4 is 17.3 Å². The summed E-state index contributed by atoms with van der Waals surface area (Å²) in [6, 6.07) is 16.2. The van der Waals surface area contributed by atoms with Gasteiger partial charge in [-0.15, -0.1) is 0 Å². The van der Waals surface area contributed by atoms with E-state index in [1.807, 2.05) is 6.07 Å². The average molecular weight is 298 g/mol. The molecule has 5 heteroatoms. The number of anilines is 1. The summed E-state index contributed by atoms with van der Waals surface area (Å²) in [5.74, 6) is 0.690. The van der Waals surface area contributed by atoms with Gasteiger partial charge in [-0.1, -0.05) is 17.7 Å². The second kappa shape index (κ2) is 7.19. The highest BCUT2D eigenvalue weighted by atomic mass is 35.5. The summed E-state index contributed by atoms with van der Waals surface area (Å²) in [5.41, 5.74) is 1.71. The lowest BCUT2D eigenvalue weighted by Crippen LogP contribution is -2.12. The molecule has 0 aliphatic carbocycles. The molecule has 0 aliphatic rings. The van der Waals surface area contributed by atoms with Crippen LogP contribution in [-0.2, 0) is 0 Å². The van der Waals surface area contributed by atoms with E-state index >= 15 is 0 Å². The summed E-state index contributed by atoms with van der Waals surface area (Å²) in [6.07, 6.45) is 0. The van der Waals surface area contributed by atoms with Crippen LogP contribution in [0.4, 0.5) is 5.69 Å². The van der Waals surface area contributed by atoms with E-state index in [0.29, 0.717) is 40.7 Å². The van der Waals surface area contributed by atoms with Crippen LogP contribution in [-0.4, -0.2) is 13.2 Å². The molecule has 2 rings (SSSR count). The smallest absolute Gasteiger partial charge is 0.119 e. The van der Waals surface area contributed by atoms with Crippen molar-refractivity contribution in [3.05, 3.63) is 58.6 Å². The Kier molecular flexibility index (Phi) is 5.04. The number of halogens is 1. The van der Waals surface area contributed by atoms with Gasteiger partial charge in [-0.2, -0.15) is 10.5 Å². The third kappa shape index (κ3) is 3.89. The molecule has 4 nitrogen and oxygen atoms in total. The molecule has 0 bridgehead atoms. The summed E-state index contributed by atoms with van der Waals surface area (Å²) in [6.45, 7) is 0.931. The maximum atomic E-state index is 9.02. The van der Waals surface area contributed by atoms with Gasteiger partial charge in [0.2, 0.25) is 0 Å². The Morgan fingerprint density at radius 2 is 1.81 bits per heavy atom. The van der Waals surface area contributed by atoms with Gasteiger partial charge in [0.15, 0.2) is 0 Å². The number of rotatable bonds is 5. The van der Waals surface area contributed by atoms with Gasteiger partial charge in [0.25, 0.3) is 0 Å². The second-order valence-corrected chi connectivity index (χ2v) is 4.59.